The summed E-state index contributed by atoms with van der Waals surface area (Å²) >= 11 is 1.46. The van der Waals surface area contributed by atoms with E-state index in [0.717, 1.165) is 81.5 Å². The van der Waals surface area contributed by atoms with Crippen LogP contribution in [0.2, 0.25) is 0 Å². The molecule has 0 radical (unpaired) electrons. The first kappa shape index (κ1) is 40.3. The average molecular weight is 829 g/mol. The molecule has 3 aromatic heterocycles. The van der Waals surface area contributed by atoms with Crippen LogP contribution < -0.4 is 10.6 Å². The molecule has 310 valence electrons. The number of alkyl carbamates (subject to hydrolysis) is 2. The summed E-state index contributed by atoms with van der Waals surface area (Å²) in [5.74, 6) is 0.997. The van der Waals surface area contributed by atoms with Crippen molar-refractivity contribution in [2.75, 3.05) is 27.3 Å². The maximum Gasteiger partial charge on any atom is 0.407 e. The molecule has 60 heavy (non-hydrogen) atoms. The highest BCUT2D eigenvalue weighted by Crippen LogP contribution is 2.36. The minimum atomic E-state index is -0.843. The van der Waals surface area contributed by atoms with E-state index in [4.69, 9.17) is 19.4 Å². The highest BCUT2D eigenvalue weighted by atomic mass is 32.1. The average Bonchev–Trinajstić information content (AvgIpc) is 4.13. The first-order valence-electron chi connectivity index (χ1n) is 20.2. The second-order valence-electron chi connectivity index (χ2n) is 15.6. The maximum atomic E-state index is 13.8. The first-order valence-corrected chi connectivity index (χ1v) is 21.1. The predicted octanol–water partition coefficient (Wildman–Crippen LogP) is 8.15. The lowest BCUT2D eigenvalue weighted by Crippen LogP contribution is -2.51. The van der Waals surface area contributed by atoms with Crippen LogP contribution in [0.15, 0.2) is 89.9 Å². The highest BCUT2D eigenvalue weighted by Gasteiger charge is 2.39. The number of likely N-dealkylation sites (tertiary alicyclic amines) is 2. The van der Waals surface area contributed by atoms with E-state index in [1.165, 1.54) is 25.6 Å². The van der Waals surface area contributed by atoms with Crippen LogP contribution in [-0.2, 0) is 19.1 Å². The fourth-order valence-electron chi connectivity index (χ4n) is 8.32. The van der Waals surface area contributed by atoms with Gasteiger partial charge in [0.25, 0.3) is 5.91 Å². The number of fused-ring (bicyclic) bond motifs is 1. The normalized spacial score (nSPS) is 17.5. The summed E-state index contributed by atoms with van der Waals surface area (Å²) in [5, 5.41) is 11.3. The molecule has 2 fully saturated rings. The number of rotatable bonds is 11. The van der Waals surface area contributed by atoms with Crippen LogP contribution in [-0.4, -0.2) is 87.1 Å². The van der Waals surface area contributed by atoms with Crippen molar-refractivity contribution in [3.8, 4) is 33.6 Å². The Balaban J connectivity index is 0.941. The standard InChI is InChI=1S/C45H48N8O6S/c1-26(2)38(50-44(56)58-3)42(54)52-18-5-7-36(52)41-47-24-35(49-41)32-16-15-30-21-29(13-14-31(30)22-32)27-9-11-28(12-10-27)34-23-46-40(48-34)37-8-6-19-53(37)43(55)39(51-45(57)59-4)33-17-20-60-25-33/h9-17,20-26,36-39H,5-8,18-19H2,1-4H3,(H,46,48)(H,47,49)(H,50,56)(H,51,57)/t36-,37-,38?,39+/m0/s1. The molecule has 5 heterocycles. The number of amides is 4. The number of carbonyl (C=O) groups excluding carboxylic acids is 4. The van der Waals surface area contributed by atoms with Crippen molar-refractivity contribution in [3.63, 3.8) is 0 Å². The van der Waals surface area contributed by atoms with Gasteiger partial charge in [-0.1, -0.05) is 62.4 Å². The van der Waals surface area contributed by atoms with E-state index in [2.05, 4.69) is 81.3 Å². The lowest BCUT2D eigenvalue weighted by molar-refractivity contribution is -0.135. The van der Waals surface area contributed by atoms with Crippen molar-refractivity contribution in [2.24, 2.45) is 5.92 Å². The van der Waals surface area contributed by atoms with Gasteiger partial charge in [0.1, 0.15) is 23.7 Å². The number of nitrogens with zero attached hydrogens (tertiary/aromatic N) is 4. The number of hydrogen-bond acceptors (Lipinski definition) is 9. The third kappa shape index (κ3) is 8.21. The number of benzene rings is 3. The quantitative estimate of drug-likeness (QED) is 0.101. The Bertz CT molecular complexity index is 2500. The van der Waals surface area contributed by atoms with E-state index in [1.54, 1.807) is 11.1 Å². The van der Waals surface area contributed by atoms with Gasteiger partial charge in [-0.2, -0.15) is 11.3 Å². The van der Waals surface area contributed by atoms with E-state index in [9.17, 15) is 19.2 Å². The van der Waals surface area contributed by atoms with E-state index < -0.39 is 24.3 Å². The van der Waals surface area contributed by atoms with Crippen molar-refractivity contribution in [3.05, 3.63) is 107 Å². The zero-order chi connectivity index (χ0) is 41.9. The molecule has 1 unspecified atom stereocenters. The fourth-order valence-corrected chi connectivity index (χ4v) is 9.00. The molecule has 2 aliphatic heterocycles. The van der Waals surface area contributed by atoms with E-state index in [1.807, 2.05) is 41.8 Å². The molecule has 6 aromatic rings. The van der Waals surface area contributed by atoms with Gasteiger partial charge in [0.15, 0.2) is 0 Å². The Morgan fingerprint density at radius 1 is 0.700 bits per heavy atom. The summed E-state index contributed by atoms with van der Waals surface area (Å²) in [5.41, 5.74) is 6.57. The number of aromatic amines is 2. The molecule has 0 bridgehead atoms. The van der Waals surface area contributed by atoms with Gasteiger partial charge in [-0.05, 0) is 93.6 Å². The van der Waals surface area contributed by atoms with Gasteiger partial charge in [-0.3, -0.25) is 9.59 Å². The second-order valence-corrected chi connectivity index (χ2v) is 16.4. The van der Waals surface area contributed by atoms with Crippen LogP contribution >= 0.6 is 11.3 Å². The molecule has 4 N–H and O–H groups in total. The Morgan fingerprint density at radius 3 is 1.82 bits per heavy atom. The van der Waals surface area contributed by atoms with E-state index in [-0.39, 0.29) is 29.8 Å². The molecule has 0 spiro atoms. The largest absolute Gasteiger partial charge is 0.453 e. The van der Waals surface area contributed by atoms with Crippen LogP contribution in [0.3, 0.4) is 0 Å². The van der Waals surface area contributed by atoms with Gasteiger partial charge >= 0.3 is 12.2 Å². The summed E-state index contributed by atoms with van der Waals surface area (Å²) in [4.78, 5) is 71.5. The zero-order valence-corrected chi connectivity index (χ0v) is 34.8. The minimum Gasteiger partial charge on any atom is -0.453 e. The molecule has 8 rings (SSSR count). The van der Waals surface area contributed by atoms with E-state index in [0.29, 0.717) is 18.9 Å². The number of H-pyrrole nitrogens is 2. The highest BCUT2D eigenvalue weighted by molar-refractivity contribution is 7.08. The molecular formula is C45H48N8O6S. The number of methoxy groups -OCH3 is 2. The van der Waals surface area contributed by atoms with E-state index >= 15 is 0 Å². The van der Waals surface area contributed by atoms with Crippen LogP contribution in [0.1, 0.15) is 74.9 Å². The SMILES string of the molecule is COC(=O)NC(C(=O)N1CCC[C@H]1c1ncc(-c2ccc3cc(-c4ccc(-c5cnc([C@@H]6CCCN6C(=O)[C@H](NC(=O)OC)c6ccsc6)[nH]5)cc4)ccc3c2)[nH]1)C(C)C. The van der Waals surface area contributed by atoms with Gasteiger partial charge in [0, 0.05) is 18.7 Å². The van der Waals surface area contributed by atoms with Crippen LogP contribution in [0.5, 0.6) is 0 Å². The van der Waals surface area contributed by atoms with Crippen LogP contribution in [0.4, 0.5) is 9.59 Å². The van der Waals surface area contributed by atoms with Crippen molar-refractivity contribution in [1.29, 1.82) is 0 Å². The van der Waals surface area contributed by atoms with Crippen molar-refractivity contribution in [2.45, 2.75) is 63.7 Å². The summed E-state index contributed by atoms with van der Waals surface area (Å²) < 4.78 is 9.58. The molecule has 14 nitrogen and oxygen atoms in total. The lowest BCUT2D eigenvalue weighted by atomic mass is 9.98. The number of ether oxygens (including phenoxy) is 2. The van der Waals surface area contributed by atoms with Gasteiger partial charge < -0.3 is 39.9 Å². The summed E-state index contributed by atoms with van der Waals surface area (Å²) in [6.07, 6.45) is 5.56. The summed E-state index contributed by atoms with van der Waals surface area (Å²) in [6, 6.07) is 20.9. The number of aromatic nitrogens is 4. The molecule has 4 atom stereocenters. The van der Waals surface area contributed by atoms with Crippen molar-refractivity contribution in [1.82, 2.24) is 40.4 Å². The monoisotopic (exact) mass is 828 g/mol. The third-order valence-corrected chi connectivity index (χ3v) is 12.2. The molecular weight excluding hydrogens is 781 g/mol. The Labute approximate surface area is 351 Å². The third-order valence-electron chi connectivity index (χ3n) is 11.5. The number of nitrogens with one attached hydrogen (secondary N) is 4. The topological polar surface area (TPSA) is 175 Å². The smallest absolute Gasteiger partial charge is 0.407 e. The molecule has 0 aliphatic carbocycles. The maximum absolute atomic E-state index is 13.8. The summed E-state index contributed by atoms with van der Waals surface area (Å²) in [7, 11) is 2.58. The number of carbonyl (C=O) groups is 4. The van der Waals surface area contributed by atoms with Crippen molar-refractivity contribution >= 4 is 46.1 Å². The second kappa shape index (κ2) is 17.4. The van der Waals surface area contributed by atoms with Gasteiger partial charge in [0.2, 0.25) is 5.91 Å². The minimum absolute atomic E-state index is 0.107. The van der Waals surface area contributed by atoms with Crippen LogP contribution in [0.25, 0.3) is 44.4 Å². The molecule has 0 saturated carbocycles. The predicted molar refractivity (Wildman–Crippen MR) is 229 cm³/mol. The fraction of sp³-hybridized carbons (Fsp3) is 0.333. The summed E-state index contributed by atoms with van der Waals surface area (Å²) in [6.45, 7) is 4.97. The Morgan fingerprint density at radius 2 is 1.23 bits per heavy atom. The van der Waals surface area contributed by atoms with Gasteiger partial charge in [0.05, 0.1) is 50.1 Å². The Kier molecular flexibility index (Phi) is 11.7. The number of imidazole rings is 2. The molecule has 4 amide bonds. The van der Waals surface area contributed by atoms with Crippen LogP contribution in [0, 0.1) is 5.92 Å². The Hall–Kier alpha value is -6.48. The first-order chi connectivity index (χ1) is 29.1. The molecule has 3 aromatic carbocycles. The van der Waals surface area contributed by atoms with Crippen molar-refractivity contribution < 1.29 is 28.7 Å². The number of thiophene rings is 1. The molecule has 15 heteroatoms. The van der Waals surface area contributed by atoms with Gasteiger partial charge in [-0.25, -0.2) is 19.6 Å². The van der Waals surface area contributed by atoms with Gasteiger partial charge in [-0.15, -0.1) is 0 Å². The molecule has 2 aliphatic rings. The molecule has 2 saturated heterocycles. The number of hydrogen-bond donors (Lipinski definition) is 4. The lowest BCUT2D eigenvalue weighted by Gasteiger charge is -2.30. The zero-order valence-electron chi connectivity index (χ0n) is 33.9.